The first-order valence-corrected chi connectivity index (χ1v) is 8.84. The zero-order chi connectivity index (χ0) is 21.3. The van der Waals surface area contributed by atoms with Gasteiger partial charge in [0.05, 0.1) is 25.3 Å². The van der Waals surface area contributed by atoms with E-state index in [1.807, 2.05) is 0 Å². The number of esters is 1. The third-order valence-electron chi connectivity index (χ3n) is 4.47. The first-order chi connectivity index (χ1) is 14.5. The van der Waals surface area contributed by atoms with Gasteiger partial charge in [0.1, 0.15) is 11.6 Å². The minimum atomic E-state index is -0.744. The summed E-state index contributed by atoms with van der Waals surface area (Å²) in [4.78, 5) is 20.2. The van der Waals surface area contributed by atoms with Gasteiger partial charge in [0.15, 0.2) is 17.2 Å². The van der Waals surface area contributed by atoms with Crippen LogP contribution in [0.1, 0.15) is 10.4 Å². The summed E-state index contributed by atoms with van der Waals surface area (Å²) >= 11 is 0. The summed E-state index contributed by atoms with van der Waals surface area (Å²) in [7, 11) is 2.74. The number of imidazole rings is 1. The van der Waals surface area contributed by atoms with Gasteiger partial charge in [-0.1, -0.05) is 6.07 Å². The number of hydrogen-bond acceptors (Lipinski definition) is 6. The van der Waals surface area contributed by atoms with Crippen molar-refractivity contribution in [2.24, 2.45) is 0 Å². The van der Waals surface area contributed by atoms with Crippen molar-refractivity contribution in [2.45, 2.75) is 0 Å². The third-order valence-corrected chi connectivity index (χ3v) is 4.47. The number of benzene rings is 2. The van der Waals surface area contributed by atoms with E-state index >= 15 is 0 Å². The summed E-state index contributed by atoms with van der Waals surface area (Å²) in [5, 5.41) is 3.09. The van der Waals surface area contributed by atoms with Gasteiger partial charge in [-0.15, -0.1) is 0 Å². The molecule has 0 aliphatic carbocycles. The van der Waals surface area contributed by atoms with Gasteiger partial charge in [-0.3, -0.25) is 4.40 Å². The fourth-order valence-electron chi connectivity index (χ4n) is 3.08. The van der Waals surface area contributed by atoms with E-state index in [0.29, 0.717) is 16.8 Å². The van der Waals surface area contributed by atoms with Crippen LogP contribution in [0.3, 0.4) is 0 Å². The maximum atomic E-state index is 14.4. The Morgan fingerprint density at radius 2 is 1.77 bits per heavy atom. The molecule has 0 saturated carbocycles. The van der Waals surface area contributed by atoms with Gasteiger partial charge in [0.25, 0.3) is 0 Å². The van der Waals surface area contributed by atoms with Crippen LogP contribution in [0.4, 0.5) is 20.3 Å². The molecule has 0 radical (unpaired) electrons. The van der Waals surface area contributed by atoms with E-state index in [4.69, 9.17) is 4.74 Å². The van der Waals surface area contributed by atoms with Crippen molar-refractivity contribution in [3.8, 4) is 17.3 Å². The molecule has 0 fully saturated rings. The Hall–Kier alpha value is -4.01. The number of methoxy groups -OCH3 is 2. The highest BCUT2D eigenvalue weighted by Gasteiger charge is 2.22. The van der Waals surface area contributed by atoms with Crippen LogP contribution in [0.5, 0.6) is 5.88 Å². The number of hydrogen-bond donors (Lipinski definition) is 1. The second-order valence-electron chi connectivity index (χ2n) is 6.23. The molecule has 7 nitrogen and oxygen atoms in total. The van der Waals surface area contributed by atoms with Crippen molar-refractivity contribution in [3.63, 3.8) is 0 Å². The summed E-state index contributed by atoms with van der Waals surface area (Å²) in [6, 6.07) is 10.1. The number of rotatable bonds is 5. The van der Waals surface area contributed by atoms with E-state index in [9.17, 15) is 13.6 Å². The third kappa shape index (κ3) is 3.30. The van der Waals surface area contributed by atoms with Gasteiger partial charge in [0, 0.05) is 18.1 Å². The van der Waals surface area contributed by atoms with Crippen molar-refractivity contribution >= 4 is 23.0 Å². The SMILES string of the molecule is COC(=O)c1ccc(Nc2nc(-c3c(F)cccc3F)n3ccnc(OC)c23)cc1. The van der Waals surface area contributed by atoms with Gasteiger partial charge in [-0.25, -0.2) is 23.5 Å². The molecule has 0 aliphatic heterocycles. The van der Waals surface area contributed by atoms with Gasteiger partial charge in [-0.2, -0.15) is 0 Å². The lowest BCUT2D eigenvalue weighted by atomic mass is 10.2. The van der Waals surface area contributed by atoms with Gasteiger partial charge < -0.3 is 14.8 Å². The fraction of sp³-hybridized carbons (Fsp3) is 0.0952. The molecular weight excluding hydrogens is 394 g/mol. The Morgan fingerprint density at radius 3 is 2.40 bits per heavy atom. The second kappa shape index (κ2) is 7.78. The van der Waals surface area contributed by atoms with Crippen LogP contribution in [-0.2, 0) is 4.74 Å². The molecule has 30 heavy (non-hydrogen) atoms. The highest BCUT2D eigenvalue weighted by molar-refractivity contribution is 5.90. The quantitative estimate of drug-likeness (QED) is 0.497. The Balaban J connectivity index is 1.85. The van der Waals surface area contributed by atoms with Crippen LogP contribution >= 0.6 is 0 Å². The highest BCUT2D eigenvalue weighted by Crippen LogP contribution is 2.34. The summed E-state index contributed by atoms with van der Waals surface area (Å²) < 4.78 is 40.4. The topological polar surface area (TPSA) is 77.8 Å². The average Bonchev–Trinajstić information content (AvgIpc) is 3.12. The van der Waals surface area contributed by atoms with Crippen molar-refractivity contribution in [2.75, 3.05) is 19.5 Å². The van der Waals surface area contributed by atoms with Crippen LogP contribution in [0.2, 0.25) is 0 Å². The van der Waals surface area contributed by atoms with Gasteiger partial charge in [0.2, 0.25) is 5.88 Å². The molecule has 2 aromatic heterocycles. The molecule has 4 aromatic rings. The molecule has 0 unspecified atom stereocenters. The zero-order valence-corrected chi connectivity index (χ0v) is 16.0. The predicted octanol–water partition coefficient (Wildman–Crippen LogP) is 4.21. The van der Waals surface area contributed by atoms with Crippen LogP contribution in [0.15, 0.2) is 54.9 Å². The van der Waals surface area contributed by atoms with Crippen molar-refractivity contribution < 1.29 is 23.0 Å². The number of nitrogens with one attached hydrogen (secondary N) is 1. The number of aromatic nitrogens is 3. The molecule has 0 atom stereocenters. The second-order valence-corrected chi connectivity index (χ2v) is 6.23. The summed E-state index contributed by atoms with van der Waals surface area (Å²) in [5.41, 5.74) is 1.10. The lowest BCUT2D eigenvalue weighted by molar-refractivity contribution is 0.0601. The molecule has 2 heterocycles. The smallest absolute Gasteiger partial charge is 0.337 e. The Morgan fingerprint density at radius 1 is 1.07 bits per heavy atom. The Kier molecular flexibility index (Phi) is 5.01. The maximum Gasteiger partial charge on any atom is 0.337 e. The standard InChI is InChI=1S/C21H16F2N4O3/c1-29-20-17-18(25-13-8-6-12(7-9-13)21(28)30-2)26-19(27(17)11-10-24-20)16-14(22)4-3-5-15(16)23/h3-11,25H,1-2H3. The predicted molar refractivity (Wildman–Crippen MR) is 106 cm³/mol. The lowest BCUT2D eigenvalue weighted by Gasteiger charge is -2.07. The molecule has 0 aliphatic rings. The molecule has 1 N–H and O–H groups in total. The Labute approximate surface area is 169 Å². The monoisotopic (exact) mass is 410 g/mol. The zero-order valence-electron chi connectivity index (χ0n) is 16.0. The van der Waals surface area contributed by atoms with Crippen molar-refractivity contribution in [1.82, 2.24) is 14.4 Å². The molecule has 0 bridgehead atoms. The number of fused-ring (bicyclic) bond motifs is 1. The number of halogens is 2. The molecular formula is C21H16F2N4O3. The van der Waals surface area contributed by atoms with E-state index in [-0.39, 0.29) is 23.1 Å². The molecule has 4 rings (SSSR count). The lowest BCUT2D eigenvalue weighted by Crippen LogP contribution is -2.01. The number of carbonyl (C=O) groups excluding carboxylic acids is 1. The van der Waals surface area contributed by atoms with Crippen molar-refractivity contribution in [1.29, 1.82) is 0 Å². The largest absolute Gasteiger partial charge is 0.479 e. The number of nitrogens with zero attached hydrogens (tertiary/aromatic N) is 3. The first kappa shape index (κ1) is 19.3. The maximum absolute atomic E-state index is 14.4. The summed E-state index contributed by atoms with van der Waals surface area (Å²) in [6.07, 6.45) is 2.99. The minimum absolute atomic E-state index is 0.0509. The van der Waals surface area contributed by atoms with Crippen LogP contribution in [0, 0.1) is 11.6 Å². The molecule has 9 heteroatoms. The number of carbonyl (C=O) groups is 1. The van der Waals surface area contributed by atoms with E-state index in [1.54, 1.807) is 24.3 Å². The number of anilines is 2. The summed E-state index contributed by atoms with van der Waals surface area (Å²) in [5.74, 6) is -1.39. The number of ether oxygens (including phenoxy) is 2. The highest BCUT2D eigenvalue weighted by atomic mass is 19.1. The van der Waals surface area contributed by atoms with Crippen LogP contribution < -0.4 is 10.1 Å². The molecule has 0 spiro atoms. The average molecular weight is 410 g/mol. The van der Waals surface area contributed by atoms with E-state index < -0.39 is 17.6 Å². The van der Waals surface area contributed by atoms with Crippen LogP contribution in [-0.4, -0.2) is 34.6 Å². The molecule has 0 amide bonds. The first-order valence-electron chi connectivity index (χ1n) is 8.84. The minimum Gasteiger partial charge on any atom is -0.479 e. The molecule has 152 valence electrons. The normalized spacial score (nSPS) is 10.8. The van der Waals surface area contributed by atoms with E-state index in [1.165, 1.54) is 37.1 Å². The van der Waals surface area contributed by atoms with Gasteiger partial charge >= 0.3 is 5.97 Å². The Bertz CT molecular complexity index is 1220. The molecule has 2 aromatic carbocycles. The van der Waals surface area contributed by atoms with Gasteiger partial charge in [-0.05, 0) is 36.4 Å². The van der Waals surface area contributed by atoms with Crippen molar-refractivity contribution in [3.05, 3.63) is 72.1 Å². The fourth-order valence-corrected chi connectivity index (χ4v) is 3.08. The summed E-state index contributed by atoms with van der Waals surface area (Å²) in [6.45, 7) is 0. The van der Waals surface area contributed by atoms with E-state index in [2.05, 4.69) is 20.0 Å². The van der Waals surface area contributed by atoms with E-state index in [0.717, 1.165) is 12.1 Å². The van der Waals surface area contributed by atoms with Crippen LogP contribution in [0.25, 0.3) is 16.9 Å². The molecule has 0 saturated heterocycles.